The number of nitrogens with zero attached hydrogens (tertiary/aromatic N) is 6. The van der Waals surface area contributed by atoms with Crippen LogP contribution in [0.1, 0.15) is 30.1 Å². The normalized spacial score (nSPS) is 14.2. The van der Waals surface area contributed by atoms with Crippen molar-refractivity contribution in [2.45, 2.75) is 31.5 Å². The van der Waals surface area contributed by atoms with Crippen LogP contribution in [0.4, 0.5) is 18.9 Å². The lowest BCUT2D eigenvalue weighted by molar-refractivity contribution is -0.141. The van der Waals surface area contributed by atoms with Crippen LogP contribution in [0.15, 0.2) is 48.7 Å². The molecule has 0 unspecified atom stereocenters. The van der Waals surface area contributed by atoms with Gasteiger partial charge in [-0.2, -0.15) is 33.3 Å². The van der Waals surface area contributed by atoms with Crippen molar-refractivity contribution < 1.29 is 18.0 Å². The lowest BCUT2D eigenvalue weighted by Crippen LogP contribution is -2.20. The van der Waals surface area contributed by atoms with E-state index >= 15 is 0 Å². The molecule has 4 aromatic rings. The van der Waals surface area contributed by atoms with Crippen LogP contribution in [0.25, 0.3) is 16.9 Å². The fraction of sp³-hybridized carbons (Fsp3) is 0.250. The molecule has 158 valence electrons. The molecule has 1 N–H and O–H groups in total. The Bertz CT molecular complexity index is 1220. The SMILES string of the molecule is O=C(Cn1nc2ccccc2n1)Nc1ccc(-n2nc(C(F)(F)F)cc2C2CC2)nc1. The van der Waals surface area contributed by atoms with Crippen molar-refractivity contribution >= 4 is 22.6 Å². The van der Waals surface area contributed by atoms with Gasteiger partial charge in [-0.05, 0) is 43.2 Å². The Hall–Kier alpha value is -3.76. The zero-order valence-corrected chi connectivity index (χ0v) is 16.0. The van der Waals surface area contributed by atoms with Gasteiger partial charge in [0.05, 0.1) is 11.9 Å². The summed E-state index contributed by atoms with van der Waals surface area (Å²) in [6.07, 6.45) is -1.48. The van der Waals surface area contributed by atoms with E-state index in [9.17, 15) is 18.0 Å². The lowest BCUT2D eigenvalue weighted by Gasteiger charge is -2.08. The van der Waals surface area contributed by atoms with Gasteiger partial charge in [0.15, 0.2) is 11.5 Å². The number of benzene rings is 1. The number of aromatic nitrogens is 6. The van der Waals surface area contributed by atoms with Gasteiger partial charge < -0.3 is 5.32 Å². The molecule has 0 spiro atoms. The van der Waals surface area contributed by atoms with Crippen molar-refractivity contribution in [2.75, 3.05) is 5.32 Å². The zero-order valence-electron chi connectivity index (χ0n) is 16.0. The van der Waals surface area contributed by atoms with E-state index in [-0.39, 0.29) is 24.2 Å². The van der Waals surface area contributed by atoms with E-state index < -0.39 is 11.9 Å². The molecule has 1 amide bonds. The summed E-state index contributed by atoms with van der Waals surface area (Å²) in [6, 6.07) is 11.4. The van der Waals surface area contributed by atoms with Crippen molar-refractivity contribution in [3.05, 3.63) is 60.0 Å². The van der Waals surface area contributed by atoms with Crippen molar-refractivity contribution in [1.29, 1.82) is 0 Å². The second kappa shape index (κ2) is 7.18. The van der Waals surface area contributed by atoms with Gasteiger partial charge in [-0.3, -0.25) is 4.79 Å². The molecule has 0 saturated heterocycles. The van der Waals surface area contributed by atoms with E-state index in [4.69, 9.17) is 0 Å². The smallest absolute Gasteiger partial charge is 0.323 e. The number of nitrogens with one attached hydrogen (secondary N) is 1. The van der Waals surface area contributed by atoms with E-state index in [1.54, 1.807) is 18.2 Å². The van der Waals surface area contributed by atoms with E-state index in [2.05, 4.69) is 25.6 Å². The molecule has 1 aliphatic rings. The third-order valence-electron chi connectivity index (χ3n) is 4.88. The quantitative estimate of drug-likeness (QED) is 0.526. The van der Waals surface area contributed by atoms with Gasteiger partial charge in [0.25, 0.3) is 0 Å². The highest BCUT2D eigenvalue weighted by molar-refractivity contribution is 5.90. The summed E-state index contributed by atoms with van der Waals surface area (Å²) in [5.41, 5.74) is 1.33. The second-order valence-corrected chi connectivity index (χ2v) is 7.31. The molecule has 1 fully saturated rings. The van der Waals surface area contributed by atoms with Crippen LogP contribution in [-0.4, -0.2) is 35.7 Å². The van der Waals surface area contributed by atoms with Crippen LogP contribution in [0.3, 0.4) is 0 Å². The monoisotopic (exact) mass is 427 g/mol. The number of rotatable bonds is 5. The number of fused-ring (bicyclic) bond motifs is 1. The Labute approximate surface area is 173 Å². The molecule has 5 rings (SSSR count). The first-order valence-corrected chi connectivity index (χ1v) is 9.60. The third-order valence-corrected chi connectivity index (χ3v) is 4.88. The number of anilines is 1. The number of carbonyl (C=O) groups excluding carboxylic acids is 1. The summed E-state index contributed by atoms with van der Waals surface area (Å²) < 4.78 is 40.5. The van der Waals surface area contributed by atoms with Crippen LogP contribution < -0.4 is 5.32 Å². The fourth-order valence-corrected chi connectivity index (χ4v) is 3.28. The molecule has 1 aliphatic carbocycles. The highest BCUT2D eigenvalue weighted by Crippen LogP contribution is 2.42. The van der Waals surface area contributed by atoms with Crippen molar-refractivity contribution in [1.82, 2.24) is 29.8 Å². The second-order valence-electron chi connectivity index (χ2n) is 7.31. The Morgan fingerprint density at radius 2 is 1.77 bits per heavy atom. The minimum absolute atomic E-state index is 0.0573. The molecule has 1 saturated carbocycles. The van der Waals surface area contributed by atoms with Crippen molar-refractivity contribution in [3.8, 4) is 5.82 Å². The first kappa shape index (κ1) is 19.2. The molecule has 0 atom stereocenters. The highest BCUT2D eigenvalue weighted by Gasteiger charge is 2.38. The predicted molar refractivity (Wildman–Crippen MR) is 104 cm³/mol. The molecule has 3 heterocycles. The summed E-state index contributed by atoms with van der Waals surface area (Å²) in [5.74, 6) is -0.0378. The van der Waals surface area contributed by atoms with Crippen LogP contribution >= 0.6 is 0 Å². The predicted octanol–water partition coefficient (Wildman–Crippen LogP) is 3.55. The number of hydrogen-bond donors (Lipinski definition) is 1. The van der Waals surface area contributed by atoms with E-state index in [1.807, 2.05) is 12.1 Å². The first-order chi connectivity index (χ1) is 14.9. The maximum absolute atomic E-state index is 13.1. The molecular weight excluding hydrogens is 411 g/mol. The lowest BCUT2D eigenvalue weighted by atomic mass is 10.2. The summed E-state index contributed by atoms with van der Waals surface area (Å²) >= 11 is 0. The van der Waals surface area contributed by atoms with Gasteiger partial charge in [-0.25, -0.2) is 9.67 Å². The number of carbonyl (C=O) groups is 1. The highest BCUT2D eigenvalue weighted by atomic mass is 19.4. The van der Waals surface area contributed by atoms with Gasteiger partial charge in [0, 0.05) is 11.6 Å². The van der Waals surface area contributed by atoms with Gasteiger partial charge in [-0.15, -0.1) is 0 Å². The summed E-state index contributed by atoms with van der Waals surface area (Å²) in [5, 5.41) is 14.8. The van der Waals surface area contributed by atoms with E-state index in [0.29, 0.717) is 22.4 Å². The number of amides is 1. The first-order valence-electron chi connectivity index (χ1n) is 9.60. The molecule has 11 heteroatoms. The average molecular weight is 427 g/mol. The Kier molecular flexibility index (Phi) is 4.45. The van der Waals surface area contributed by atoms with Crippen LogP contribution in [-0.2, 0) is 17.5 Å². The van der Waals surface area contributed by atoms with Gasteiger partial charge in [0.2, 0.25) is 5.91 Å². The van der Waals surface area contributed by atoms with Gasteiger partial charge in [-0.1, -0.05) is 12.1 Å². The van der Waals surface area contributed by atoms with Crippen molar-refractivity contribution in [2.24, 2.45) is 0 Å². The third kappa shape index (κ3) is 3.98. The molecule has 0 radical (unpaired) electrons. The van der Waals surface area contributed by atoms with E-state index in [1.165, 1.54) is 21.7 Å². The van der Waals surface area contributed by atoms with Gasteiger partial charge >= 0.3 is 6.18 Å². The Morgan fingerprint density at radius 3 is 2.35 bits per heavy atom. The zero-order chi connectivity index (χ0) is 21.6. The van der Waals surface area contributed by atoms with Crippen LogP contribution in [0.2, 0.25) is 0 Å². The molecular formula is C20H16F3N7O. The standard InChI is InChI=1S/C20H16F3N7O/c21-20(22,23)17-9-16(12-5-6-12)30(28-17)18-8-7-13(10-24-18)25-19(31)11-29-26-14-3-1-2-4-15(14)27-29/h1-4,7-10,12H,5-6,11H2,(H,25,31). The topological polar surface area (TPSA) is 90.5 Å². The average Bonchev–Trinajstić information content (AvgIpc) is 3.32. The molecule has 0 aliphatic heterocycles. The summed E-state index contributed by atoms with van der Waals surface area (Å²) in [7, 11) is 0. The van der Waals surface area contributed by atoms with Crippen LogP contribution in [0.5, 0.6) is 0 Å². The maximum atomic E-state index is 13.1. The van der Waals surface area contributed by atoms with Crippen molar-refractivity contribution in [3.63, 3.8) is 0 Å². The van der Waals surface area contributed by atoms with E-state index in [0.717, 1.165) is 18.9 Å². The molecule has 8 nitrogen and oxygen atoms in total. The van der Waals surface area contributed by atoms with Gasteiger partial charge in [0.1, 0.15) is 17.6 Å². The number of alkyl halides is 3. The largest absolute Gasteiger partial charge is 0.435 e. The fourth-order valence-electron chi connectivity index (χ4n) is 3.28. The summed E-state index contributed by atoms with van der Waals surface area (Å²) in [4.78, 5) is 17.8. The maximum Gasteiger partial charge on any atom is 0.435 e. The minimum atomic E-state index is -4.52. The van der Waals surface area contributed by atoms with Crippen LogP contribution in [0, 0.1) is 0 Å². The number of hydrogen-bond acceptors (Lipinski definition) is 5. The summed E-state index contributed by atoms with van der Waals surface area (Å²) in [6.45, 7) is -0.0869. The minimum Gasteiger partial charge on any atom is -0.323 e. The number of halogens is 3. The molecule has 3 aromatic heterocycles. The Morgan fingerprint density at radius 1 is 1.06 bits per heavy atom. The molecule has 31 heavy (non-hydrogen) atoms. The molecule has 1 aromatic carbocycles. The molecule has 0 bridgehead atoms. The Balaban J connectivity index is 1.31. The number of pyridine rings is 1.